The number of halogens is 2. The van der Waals surface area contributed by atoms with Gasteiger partial charge in [-0.3, -0.25) is 0 Å². The summed E-state index contributed by atoms with van der Waals surface area (Å²) in [7, 11) is -47.5. The molecule has 15 rings (SSSR count). The zero-order valence-corrected chi connectivity index (χ0v) is 68.2. The van der Waals surface area contributed by atoms with E-state index in [-0.39, 0.29) is 16.7 Å². The van der Waals surface area contributed by atoms with Gasteiger partial charge in [0.25, 0.3) is 0 Å². The van der Waals surface area contributed by atoms with Gasteiger partial charge in [0.05, 0.1) is 6.23 Å². The predicted molar refractivity (Wildman–Crippen MR) is 411 cm³/mol. The molecule has 4 fully saturated rings. The predicted octanol–water partition coefficient (Wildman–Crippen LogP) is 7.25. The topological polar surface area (TPSA) is 129 Å². The zero-order chi connectivity index (χ0) is 66.6. The van der Waals surface area contributed by atoms with Crippen molar-refractivity contribution in [3.05, 3.63) is 353 Å². The van der Waals surface area contributed by atoms with E-state index in [2.05, 4.69) is 37.6 Å². The summed E-state index contributed by atoms with van der Waals surface area (Å²) in [4.78, 5) is 0. The molecule has 4 aliphatic rings. The van der Waals surface area contributed by atoms with Gasteiger partial charge in [-0.05, 0) is 62.4 Å². The Morgan fingerprint density at radius 2 is 0.633 bits per heavy atom. The summed E-state index contributed by atoms with van der Waals surface area (Å²) in [5.74, 6) is 0. The van der Waals surface area contributed by atoms with E-state index in [0.717, 1.165) is 25.3 Å². The SMILES string of the molecule is [SiH3]O[Si]1(c2ccccc2)O[Si](/C=C/c2ccc(Br)cc2)(c2ccccc2)O[SiH]2CO[Si]3(c4ccccc4)O[SiH](c4ccccc4)O[Si]4(c5ccccc5)O[Si](/C=C/c5ccc(Br)cc5)(c5ccccc5)O[Si](c5ccccc5)(O3)O[Si](c3ccccc3)(O2)O[Si](c2ccccc2)(O1)O4. The summed E-state index contributed by atoms with van der Waals surface area (Å²) in [5.41, 5.74) is 5.81. The highest BCUT2D eigenvalue weighted by atomic mass is 79.9. The standard InChI is InChI=1S/C71H64Br2O14Si11/c72-61-50-46-59(47-51-61)54-56-91(64-30-12-2-13-31-64)76-89-58-74-93(66-34-16-4-17-35-66)78-90(63-28-10-1-11-29-63)79-96(69-40-22-7-23-41-69)81-92(65-32-14-3-15-33-65,57-55-60-48-52-62(73)53-49-60)82-97(83-93,70-42-24-8-25-43-70)85-95(77-89,68-38-20-6-21-39-68)86-98(87-96,71-44-26-9-27-45-71)84-94(75-88,80-91)67-36-18-5-19-37-67/h1-57,89-90H,58H2,88H3/b56-54+,57-55+. The monoisotopic (exact) mass is 1610 g/mol. The molecule has 4 saturated heterocycles. The Labute approximate surface area is 601 Å². The van der Waals surface area contributed by atoms with Gasteiger partial charge in [-0.2, -0.15) is 0 Å². The second-order valence-electron chi connectivity index (χ2n) is 23.3. The molecule has 98 heavy (non-hydrogen) atoms. The normalized spacial score (nSPS) is 28.9. The van der Waals surface area contributed by atoms with E-state index in [4.69, 9.17) is 57.9 Å². The van der Waals surface area contributed by atoms with Crippen LogP contribution in [0.4, 0.5) is 0 Å². The van der Waals surface area contributed by atoms with Crippen molar-refractivity contribution in [2.24, 2.45) is 0 Å². The number of hydrogen-bond acceptors (Lipinski definition) is 14. The third-order valence-corrected chi connectivity index (χ3v) is 58.7. The third-order valence-electron chi connectivity index (χ3n) is 16.9. The first kappa shape index (κ1) is 67.5. The highest BCUT2D eigenvalue weighted by Gasteiger charge is 2.76. The zero-order valence-electron chi connectivity index (χ0n) is 52.7. The van der Waals surface area contributed by atoms with Gasteiger partial charge < -0.3 is 57.9 Å². The lowest BCUT2D eigenvalue weighted by Gasteiger charge is -2.54. The van der Waals surface area contributed by atoms with Gasteiger partial charge in [-0.1, -0.05) is 341 Å². The molecule has 11 aromatic carbocycles. The van der Waals surface area contributed by atoms with Gasteiger partial charge in [0.15, 0.2) is 0 Å². The maximum absolute atomic E-state index is 8.88. The molecule has 4 heterocycles. The van der Waals surface area contributed by atoms with Crippen LogP contribution in [0.3, 0.4) is 0 Å². The summed E-state index contributed by atoms with van der Waals surface area (Å²) in [6, 6.07) is 105. The fraction of sp³-hybridized carbons (Fsp3) is 0.0141. The minimum Gasteiger partial charge on any atom is -0.422 e. The minimum absolute atomic E-state index is 0.0531. The molecule has 0 aliphatic carbocycles. The Balaban J connectivity index is 1.18. The summed E-state index contributed by atoms with van der Waals surface area (Å²) < 4.78 is 120. The summed E-state index contributed by atoms with van der Waals surface area (Å²) in [6.07, 6.45) is 3.83. The van der Waals surface area contributed by atoms with E-state index in [0.29, 0.717) is 41.5 Å². The van der Waals surface area contributed by atoms with E-state index in [1.54, 1.807) is 0 Å². The van der Waals surface area contributed by atoms with Crippen molar-refractivity contribution in [2.45, 2.75) is 0 Å². The third kappa shape index (κ3) is 13.7. The first-order valence-corrected chi connectivity index (χ1v) is 51.7. The van der Waals surface area contributed by atoms with Crippen LogP contribution in [0, 0.1) is 0 Å². The van der Waals surface area contributed by atoms with Gasteiger partial charge in [0.2, 0.25) is 0 Å². The number of fused-ring (bicyclic) bond motifs is 6. The Morgan fingerprint density at radius 1 is 0.306 bits per heavy atom. The average Bonchev–Trinajstić information content (AvgIpc) is 1.03. The minimum atomic E-state index is -5.38. The molecule has 0 radical (unpaired) electrons. The molecule has 0 aromatic heterocycles. The van der Waals surface area contributed by atoms with Gasteiger partial charge in [0, 0.05) is 40.1 Å². The molecule has 0 saturated carbocycles. The van der Waals surface area contributed by atoms with Crippen LogP contribution in [0.1, 0.15) is 11.1 Å². The van der Waals surface area contributed by atoms with E-state index in [1.807, 2.05) is 339 Å². The summed E-state index contributed by atoms with van der Waals surface area (Å²) in [6.45, 7) is 0. The second kappa shape index (κ2) is 29.0. The first-order valence-electron chi connectivity index (χ1n) is 31.9. The van der Waals surface area contributed by atoms with Crippen LogP contribution in [-0.4, -0.2) is 105 Å². The Morgan fingerprint density at radius 3 is 1.07 bits per heavy atom. The first-order chi connectivity index (χ1) is 48.0. The summed E-state index contributed by atoms with van der Waals surface area (Å²) >= 11 is 7.40. The lowest BCUT2D eigenvalue weighted by Crippen LogP contribution is -2.86. The molecule has 6 bridgehead atoms. The van der Waals surface area contributed by atoms with Crippen molar-refractivity contribution in [1.29, 1.82) is 0 Å². The van der Waals surface area contributed by atoms with Crippen LogP contribution >= 0.6 is 31.9 Å². The molecule has 0 N–H and O–H groups in total. The highest BCUT2D eigenvalue weighted by molar-refractivity contribution is 9.10. The maximum Gasteiger partial charge on any atom is 0.521 e. The maximum atomic E-state index is 8.88. The molecule has 0 amide bonds. The molecular formula is C71H64Br2O14Si11. The van der Waals surface area contributed by atoms with Gasteiger partial charge >= 0.3 is 88.5 Å². The largest absolute Gasteiger partial charge is 0.521 e. The Bertz CT molecular complexity index is 4550. The van der Waals surface area contributed by atoms with Crippen LogP contribution in [0.5, 0.6) is 0 Å². The lowest BCUT2D eigenvalue weighted by molar-refractivity contribution is 0.0926. The van der Waals surface area contributed by atoms with Crippen molar-refractivity contribution < 1.29 is 57.9 Å². The Kier molecular flexibility index (Phi) is 20.0. The smallest absolute Gasteiger partial charge is 0.422 e. The molecule has 10 unspecified atom stereocenters. The van der Waals surface area contributed by atoms with Gasteiger partial charge in [-0.25, -0.2) is 0 Å². The quantitative estimate of drug-likeness (QED) is 0.101. The molecule has 0 spiro atoms. The van der Waals surface area contributed by atoms with Crippen molar-refractivity contribution >= 4 is 190 Å². The fourth-order valence-corrected chi connectivity index (χ4v) is 64.5. The number of benzene rings is 11. The van der Waals surface area contributed by atoms with E-state index in [9.17, 15) is 0 Å². The van der Waals surface area contributed by atoms with Crippen molar-refractivity contribution in [3.8, 4) is 0 Å². The summed E-state index contributed by atoms with van der Waals surface area (Å²) in [5, 5.41) is 5.31. The molecule has 14 nitrogen and oxygen atoms in total. The molecule has 11 aromatic rings. The lowest BCUT2D eigenvalue weighted by atomic mass is 10.2. The molecular weight excluding hydrogens is 1550 g/mol. The van der Waals surface area contributed by atoms with E-state index >= 15 is 0 Å². The van der Waals surface area contributed by atoms with Gasteiger partial charge in [-0.15, -0.1) is 0 Å². The molecule has 10 atom stereocenters. The molecule has 4 aliphatic heterocycles. The van der Waals surface area contributed by atoms with Crippen LogP contribution in [-0.2, 0) is 57.9 Å². The highest BCUT2D eigenvalue weighted by Crippen LogP contribution is 2.42. The average molecular weight is 1610 g/mol. The molecule has 490 valence electrons. The Hall–Kier alpha value is -6.31. The van der Waals surface area contributed by atoms with Crippen LogP contribution in [0.15, 0.2) is 342 Å². The van der Waals surface area contributed by atoms with Crippen molar-refractivity contribution in [3.63, 3.8) is 0 Å². The van der Waals surface area contributed by atoms with E-state index in [1.165, 1.54) is 0 Å². The van der Waals surface area contributed by atoms with Crippen LogP contribution < -0.4 is 46.7 Å². The van der Waals surface area contributed by atoms with Crippen LogP contribution in [0.2, 0.25) is 0 Å². The van der Waals surface area contributed by atoms with Crippen LogP contribution in [0.25, 0.3) is 12.2 Å². The van der Waals surface area contributed by atoms with Crippen molar-refractivity contribution in [1.82, 2.24) is 0 Å². The van der Waals surface area contributed by atoms with Gasteiger partial charge in [0.1, 0.15) is 10.5 Å². The number of rotatable bonds is 14. The van der Waals surface area contributed by atoms with Crippen molar-refractivity contribution in [2.75, 3.05) is 6.23 Å². The molecule has 27 heteroatoms. The second-order valence-corrected chi connectivity index (χ2v) is 54.6. The fourth-order valence-electron chi connectivity index (χ4n) is 12.2. The van der Waals surface area contributed by atoms with E-state index < -0.39 is 88.5 Å². The number of hydrogen-bond donors (Lipinski definition) is 0.